The van der Waals surface area contributed by atoms with Crippen molar-refractivity contribution in [3.05, 3.63) is 69.2 Å². The Bertz CT molecular complexity index is 968. The van der Waals surface area contributed by atoms with Gasteiger partial charge in [0, 0.05) is 16.4 Å². The Balaban J connectivity index is 1.65. The molecule has 0 saturated heterocycles. The second-order valence-corrected chi connectivity index (χ2v) is 10.2. The molecule has 0 aliphatic carbocycles. The summed E-state index contributed by atoms with van der Waals surface area (Å²) in [5.41, 5.74) is 0. The quantitative estimate of drug-likeness (QED) is 0.569. The number of nitrogens with one attached hydrogen (secondary N) is 1. The summed E-state index contributed by atoms with van der Waals surface area (Å²) in [6.45, 7) is -0.235. The second-order valence-electron chi connectivity index (χ2n) is 5.53. The molecule has 0 unspecified atom stereocenters. The van der Waals surface area contributed by atoms with Gasteiger partial charge in [0.15, 0.2) is 16.4 Å². The van der Waals surface area contributed by atoms with Gasteiger partial charge in [-0.1, -0.05) is 23.7 Å². The first-order chi connectivity index (χ1) is 13.0. The van der Waals surface area contributed by atoms with E-state index in [1.54, 1.807) is 53.9 Å². The summed E-state index contributed by atoms with van der Waals surface area (Å²) in [4.78, 5) is 12.8. The number of rotatable bonds is 8. The summed E-state index contributed by atoms with van der Waals surface area (Å²) in [5.74, 6) is 0.114. The highest BCUT2D eigenvalue weighted by Crippen LogP contribution is 2.33. The molecule has 0 bridgehead atoms. The van der Waals surface area contributed by atoms with Crippen LogP contribution in [0.1, 0.15) is 10.1 Å². The van der Waals surface area contributed by atoms with Gasteiger partial charge in [0.1, 0.15) is 15.2 Å². The number of carbonyl (C=O) groups is 1. The maximum Gasteiger partial charge on any atom is 0.257 e. The Kier molecular flexibility index (Phi) is 6.54. The van der Waals surface area contributed by atoms with E-state index in [9.17, 15) is 13.2 Å². The van der Waals surface area contributed by atoms with Crippen LogP contribution >= 0.6 is 34.3 Å². The predicted octanol–water partition coefficient (Wildman–Crippen LogP) is 4.17. The van der Waals surface area contributed by atoms with Gasteiger partial charge in [0.25, 0.3) is 5.91 Å². The molecule has 0 radical (unpaired) electrons. The highest BCUT2D eigenvalue weighted by atomic mass is 35.5. The minimum atomic E-state index is -3.59. The average Bonchev–Trinajstić information content (AvgIpc) is 3.35. The van der Waals surface area contributed by atoms with Crippen LogP contribution < -0.4 is 10.1 Å². The summed E-state index contributed by atoms with van der Waals surface area (Å²) in [6.07, 6.45) is 0. The number of hydrogen-bond acceptors (Lipinski definition) is 6. The van der Waals surface area contributed by atoms with E-state index in [2.05, 4.69) is 5.32 Å². The highest BCUT2D eigenvalue weighted by Gasteiger charge is 2.31. The molecule has 3 rings (SSSR count). The summed E-state index contributed by atoms with van der Waals surface area (Å²) in [5, 5.41) is 5.94. The molecule has 1 aromatic carbocycles. The van der Waals surface area contributed by atoms with Crippen LogP contribution in [0, 0.1) is 0 Å². The van der Waals surface area contributed by atoms with Gasteiger partial charge in [-0.15, -0.1) is 22.7 Å². The third kappa shape index (κ3) is 5.10. The fourth-order valence-electron chi connectivity index (χ4n) is 2.34. The number of carbonyl (C=O) groups excluding carboxylic acids is 1. The largest absolute Gasteiger partial charge is 0.484 e. The van der Waals surface area contributed by atoms with Crippen molar-refractivity contribution in [1.82, 2.24) is 5.32 Å². The standard InChI is InChI=1S/C18H16ClNO4S3/c19-13-5-7-14(8-6-13)24-12-17(21)20-11-16(15-3-1-9-25-15)27(22,23)18-4-2-10-26-18/h1-10,16H,11-12H2,(H,20,21)/t16-/m1/s1. The zero-order valence-electron chi connectivity index (χ0n) is 14.0. The third-order valence-electron chi connectivity index (χ3n) is 3.68. The van der Waals surface area contributed by atoms with E-state index < -0.39 is 21.0 Å². The van der Waals surface area contributed by atoms with Crippen molar-refractivity contribution in [3.63, 3.8) is 0 Å². The summed E-state index contributed by atoms with van der Waals surface area (Å²) < 4.78 is 31.5. The SMILES string of the molecule is O=C(COc1ccc(Cl)cc1)NC[C@H](c1cccs1)S(=O)(=O)c1cccs1. The molecule has 0 aliphatic rings. The molecule has 142 valence electrons. The Hall–Kier alpha value is -1.87. The first-order valence-corrected chi connectivity index (χ1v) is 11.6. The lowest BCUT2D eigenvalue weighted by Crippen LogP contribution is -2.34. The van der Waals surface area contributed by atoms with Gasteiger partial charge < -0.3 is 10.1 Å². The Morgan fingerprint density at radius 3 is 2.41 bits per heavy atom. The Labute approximate surface area is 170 Å². The monoisotopic (exact) mass is 441 g/mol. The van der Waals surface area contributed by atoms with Gasteiger partial charge in [0.2, 0.25) is 0 Å². The molecular weight excluding hydrogens is 426 g/mol. The summed E-state index contributed by atoms with van der Waals surface area (Å²) >= 11 is 8.32. The molecule has 1 amide bonds. The molecule has 0 spiro atoms. The molecule has 0 fully saturated rings. The van der Waals surface area contributed by atoms with Crippen molar-refractivity contribution >= 4 is 50.0 Å². The fourth-order valence-corrected chi connectivity index (χ4v) is 6.46. The van der Waals surface area contributed by atoms with Crippen molar-refractivity contribution in [2.45, 2.75) is 9.46 Å². The molecule has 1 N–H and O–H groups in total. The van der Waals surface area contributed by atoms with Crippen LogP contribution in [-0.4, -0.2) is 27.5 Å². The lowest BCUT2D eigenvalue weighted by atomic mass is 10.3. The number of ether oxygens (including phenoxy) is 1. The number of amides is 1. The summed E-state index contributed by atoms with van der Waals surface area (Å²) in [7, 11) is -3.59. The molecular formula is C18H16ClNO4S3. The molecule has 27 heavy (non-hydrogen) atoms. The van der Waals surface area contributed by atoms with Crippen LogP contribution in [0.3, 0.4) is 0 Å². The number of sulfone groups is 1. The molecule has 1 atom stereocenters. The molecule has 0 aliphatic heterocycles. The van der Waals surface area contributed by atoms with Crippen molar-refractivity contribution in [2.75, 3.05) is 13.2 Å². The van der Waals surface area contributed by atoms with Crippen LogP contribution in [-0.2, 0) is 14.6 Å². The van der Waals surface area contributed by atoms with Crippen LogP contribution in [0.25, 0.3) is 0 Å². The van der Waals surface area contributed by atoms with Crippen molar-refractivity contribution < 1.29 is 17.9 Å². The molecule has 2 heterocycles. The number of hydrogen-bond donors (Lipinski definition) is 1. The van der Waals surface area contributed by atoms with E-state index >= 15 is 0 Å². The van der Waals surface area contributed by atoms with Gasteiger partial charge in [-0.05, 0) is 47.2 Å². The van der Waals surface area contributed by atoms with E-state index in [0.29, 0.717) is 15.6 Å². The van der Waals surface area contributed by atoms with Crippen LogP contribution in [0.5, 0.6) is 5.75 Å². The molecule has 5 nitrogen and oxygen atoms in total. The van der Waals surface area contributed by atoms with E-state index in [0.717, 1.165) is 0 Å². The van der Waals surface area contributed by atoms with Gasteiger partial charge >= 0.3 is 0 Å². The number of halogens is 1. The average molecular weight is 442 g/mol. The van der Waals surface area contributed by atoms with Gasteiger partial charge in [-0.2, -0.15) is 0 Å². The molecule has 2 aromatic heterocycles. The zero-order chi connectivity index (χ0) is 19.3. The first kappa shape index (κ1) is 19.9. The van der Waals surface area contributed by atoms with Crippen molar-refractivity contribution in [2.24, 2.45) is 0 Å². The van der Waals surface area contributed by atoms with Crippen LogP contribution in [0.4, 0.5) is 0 Å². The predicted molar refractivity (Wildman–Crippen MR) is 109 cm³/mol. The van der Waals surface area contributed by atoms with Gasteiger partial charge in [0.05, 0.1) is 0 Å². The molecule has 0 saturated carbocycles. The van der Waals surface area contributed by atoms with Gasteiger partial charge in [-0.25, -0.2) is 8.42 Å². The number of thiophene rings is 2. The maximum atomic E-state index is 12.9. The van der Waals surface area contributed by atoms with Gasteiger partial charge in [-0.3, -0.25) is 4.79 Å². The lowest BCUT2D eigenvalue weighted by molar-refractivity contribution is -0.123. The number of benzene rings is 1. The van der Waals surface area contributed by atoms with E-state index in [4.69, 9.17) is 16.3 Å². The smallest absolute Gasteiger partial charge is 0.257 e. The zero-order valence-corrected chi connectivity index (χ0v) is 17.2. The molecule has 9 heteroatoms. The Morgan fingerprint density at radius 2 is 1.78 bits per heavy atom. The normalized spacial score (nSPS) is 12.5. The van der Waals surface area contributed by atoms with E-state index in [-0.39, 0.29) is 17.4 Å². The Morgan fingerprint density at radius 1 is 1.07 bits per heavy atom. The van der Waals surface area contributed by atoms with E-state index in [1.807, 2.05) is 5.38 Å². The minimum Gasteiger partial charge on any atom is -0.484 e. The summed E-state index contributed by atoms with van der Waals surface area (Å²) in [6, 6.07) is 13.5. The molecule has 3 aromatic rings. The van der Waals surface area contributed by atoms with Crippen LogP contribution in [0.15, 0.2) is 63.5 Å². The van der Waals surface area contributed by atoms with Crippen LogP contribution in [0.2, 0.25) is 5.02 Å². The second kappa shape index (κ2) is 8.88. The highest BCUT2D eigenvalue weighted by molar-refractivity contribution is 7.93. The fraction of sp³-hybridized carbons (Fsp3) is 0.167. The lowest BCUT2D eigenvalue weighted by Gasteiger charge is -2.16. The topological polar surface area (TPSA) is 72.5 Å². The maximum absolute atomic E-state index is 12.9. The van der Waals surface area contributed by atoms with E-state index in [1.165, 1.54) is 22.7 Å². The van der Waals surface area contributed by atoms with Crippen molar-refractivity contribution in [3.8, 4) is 5.75 Å². The third-order valence-corrected chi connectivity index (χ3v) is 8.58. The minimum absolute atomic E-state index is 0.0242. The van der Waals surface area contributed by atoms with Crippen molar-refractivity contribution in [1.29, 1.82) is 0 Å². The first-order valence-electron chi connectivity index (χ1n) is 7.92.